The van der Waals surface area contributed by atoms with Crippen LogP contribution < -0.4 is 4.74 Å². The van der Waals surface area contributed by atoms with Gasteiger partial charge in [-0.25, -0.2) is 9.59 Å². The summed E-state index contributed by atoms with van der Waals surface area (Å²) in [4.78, 5) is 26.4. The van der Waals surface area contributed by atoms with Crippen molar-refractivity contribution in [1.82, 2.24) is 0 Å². The third-order valence-electron chi connectivity index (χ3n) is 8.93. The van der Waals surface area contributed by atoms with Crippen LogP contribution in [0.2, 0.25) is 0 Å². The average molecular weight is 447 g/mol. The fourth-order valence-electron chi connectivity index (χ4n) is 7.77. The van der Waals surface area contributed by atoms with Gasteiger partial charge in [-0.15, -0.1) is 0 Å². The Balaban J connectivity index is 1.30. The molecule has 4 saturated carbocycles. The van der Waals surface area contributed by atoms with E-state index in [0.717, 1.165) is 23.8 Å². The smallest absolute Gasteiger partial charge is 0.342 e. The number of carbonyl (C=O) groups excluding carboxylic acids is 2. The van der Waals surface area contributed by atoms with Gasteiger partial charge >= 0.3 is 11.9 Å². The van der Waals surface area contributed by atoms with E-state index in [1.807, 2.05) is 37.3 Å². The maximum absolute atomic E-state index is 13.2. The number of benzene rings is 2. The van der Waals surface area contributed by atoms with Crippen molar-refractivity contribution in [2.24, 2.45) is 35.5 Å². The molecule has 2 aromatic rings. The Morgan fingerprint density at radius 1 is 0.758 bits per heavy atom. The Hall–Kier alpha value is -2.82. The highest BCUT2D eigenvalue weighted by atomic mass is 16.6. The first-order chi connectivity index (χ1) is 16.1. The lowest BCUT2D eigenvalue weighted by Crippen LogP contribution is -2.48. The number of ether oxygens (including phenoxy) is 3. The Morgan fingerprint density at radius 2 is 1.30 bits per heavy atom. The first-order valence-corrected chi connectivity index (χ1v) is 12.2. The zero-order valence-corrected chi connectivity index (χ0v) is 19.1. The normalized spacial score (nSPS) is 35.3. The highest BCUT2D eigenvalue weighted by molar-refractivity contribution is 5.93. The lowest BCUT2D eigenvalue weighted by Gasteiger charge is -2.42. The minimum atomic E-state index is -0.402. The van der Waals surface area contributed by atoms with Crippen LogP contribution in [0.5, 0.6) is 5.75 Å². The van der Waals surface area contributed by atoms with Crippen molar-refractivity contribution < 1.29 is 23.8 Å². The number of hydrogen-bond donors (Lipinski definition) is 0. The predicted molar refractivity (Wildman–Crippen MR) is 122 cm³/mol. The molecule has 0 saturated heterocycles. The van der Waals surface area contributed by atoms with Crippen molar-refractivity contribution in [1.29, 1.82) is 0 Å². The zero-order valence-electron chi connectivity index (χ0n) is 19.1. The Labute approximate surface area is 194 Å². The average Bonchev–Trinajstić information content (AvgIpc) is 3.60. The molecule has 0 heterocycles. The van der Waals surface area contributed by atoms with Gasteiger partial charge in [-0.2, -0.15) is 0 Å². The molecule has 0 N–H and O–H groups in total. The van der Waals surface area contributed by atoms with Gasteiger partial charge in [-0.05, 0) is 80.0 Å². The molecule has 2 aromatic carbocycles. The number of para-hydroxylation sites is 1. The molecule has 0 aromatic heterocycles. The van der Waals surface area contributed by atoms with E-state index in [2.05, 4.69) is 0 Å². The van der Waals surface area contributed by atoms with Gasteiger partial charge in [-0.3, -0.25) is 0 Å². The lowest BCUT2D eigenvalue weighted by molar-refractivity contribution is -0.0892. The van der Waals surface area contributed by atoms with Crippen molar-refractivity contribution in [3.63, 3.8) is 0 Å². The van der Waals surface area contributed by atoms with E-state index in [4.69, 9.17) is 14.2 Å². The molecule has 4 bridgehead atoms. The van der Waals surface area contributed by atoms with Gasteiger partial charge in [0.1, 0.15) is 23.5 Å². The summed E-state index contributed by atoms with van der Waals surface area (Å²) in [5.74, 6) is 2.99. The monoisotopic (exact) mass is 446 g/mol. The molecule has 0 radical (unpaired) electrons. The Morgan fingerprint density at radius 3 is 1.91 bits per heavy atom. The summed E-state index contributed by atoms with van der Waals surface area (Å²) in [5.41, 5.74) is 1.89. The van der Waals surface area contributed by atoms with E-state index in [0.29, 0.717) is 28.7 Å². The summed E-state index contributed by atoms with van der Waals surface area (Å²) in [7, 11) is 1.55. The predicted octanol–water partition coefficient (Wildman–Crippen LogP) is 5.07. The maximum Gasteiger partial charge on any atom is 0.342 e. The molecule has 4 aliphatic carbocycles. The lowest BCUT2D eigenvalue weighted by atomic mass is 9.69. The SMILES string of the molecule is COc1ccccc1C(=O)OC1C2CC(C1OC(=O)c1ccccc1C)C1C3CCC(C3)C21. The molecule has 4 fully saturated rings. The summed E-state index contributed by atoms with van der Waals surface area (Å²) in [5, 5.41) is 0. The number of hydrogen-bond acceptors (Lipinski definition) is 5. The summed E-state index contributed by atoms with van der Waals surface area (Å²) < 4.78 is 17.7. The van der Waals surface area contributed by atoms with Gasteiger partial charge in [0.05, 0.1) is 12.7 Å². The van der Waals surface area contributed by atoms with Gasteiger partial charge < -0.3 is 14.2 Å². The van der Waals surface area contributed by atoms with Crippen LogP contribution in [0.1, 0.15) is 52.0 Å². The second-order valence-corrected chi connectivity index (χ2v) is 10.3. The molecule has 0 aliphatic heterocycles. The molecule has 33 heavy (non-hydrogen) atoms. The van der Waals surface area contributed by atoms with Crippen LogP contribution in [0.25, 0.3) is 0 Å². The molecule has 4 aliphatic rings. The van der Waals surface area contributed by atoms with Gasteiger partial charge in [0.25, 0.3) is 0 Å². The van der Waals surface area contributed by atoms with Crippen molar-refractivity contribution in [2.75, 3.05) is 7.11 Å². The second kappa shape index (κ2) is 7.89. The third-order valence-corrected chi connectivity index (χ3v) is 8.93. The molecule has 0 spiro atoms. The van der Waals surface area contributed by atoms with E-state index >= 15 is 0 Å². The third kappa shape index (κ3) is 3.19. The van der Waals surface area contributed by atoms with Crippen LogP contribution in [0.3, 0.4) is 0 Å². The van der Waals surface area contributed by atoms with Crippen molar-refractivity contribution in [3.8, 4) is 5.75 Å². The van der Waals surface area contributed by atoms with Gasteiger partial charge in [0.15, 0.2) is 0 Å². The van der Waals surface area contributed by atoms with E-state index in [9.17, 15) is 9.59 Å². The van der Waals surface area contributed by atoms with Crippen LogP contribution in [0, 0.1) is 42.4 Å². The minimum absolute atomic E-state index is 0.267. The molecule has 8 atom stereocenters. The zero-order chi connectivity index (χ0) is 22.7. The van der Waals surface area contributed by atoms with Gasteiger partial charge in [-0.1, -0.05) is 30.3 Å². The van der Waals surface area contributed by atoms with Crippen LogP contribution in [0.4, 0.5) is 0 Å². The van der Waals surface area contributed by atoms with Gasteiger partial charge in [0, 0.05) is 11.8 Å². The first kappa shape index (κ1) is 20.8. The standard InChI is InChI=1S/C28H30O5/c1-15-7-3-4-8-18(15)27(29)32-25-20-14-21(24-17-12-11-16(13-17)23(20)24)26(25)33-28(30)19-9-5-6-10-22(19)31-2/h3-10,16-17,20-21,23-26H,11-14H2,1-2H3. The fourth-order valence-corrected chi connectivity index (χ4v) is 7.77. The summed E-state index contributed by atoms with van der Waals surface area (Å²) in [6, 6.07) is 14.6. The van der Waals surface area contributed by atoms with E-state index < -0.39 is 12.1 Å². The number of methoxy groups -OCH3 is 1. The highest BCUT2D eigenvalue weighted by Gasteiger charge is 2.68. The summed E-state index contributed by atoms with van der Waals surface area (Å²) in [6.45, 7) is 1.92. The molecule has 6 rings (SSSR count). The van der Waals surface area contributed by atoms with Crippen molar-refractivity contribution in [2.45, 2.75) is 44.8 Å². The molecular formula is C28H30O5. The van der Waals surface area contributed by atoms with Crippen LogP contribution in [-0.4, -0.2) is 31.3 Å². The summed E-state index contributed by atoms with van der Waals surface area (Å²) in [6.07, 6.45) is 4.06. The first-order valence-electron chi connectivity index (χ1n) is 12.2. The maximum atomic E-state index is 13.2. The van der Waals surface area contributed by atoms with Crippen LogP contribution >= 0.6 is 0 Å². The van der Waals surface area contributed by atoms with Crippen molar-refractivity contribution >= 4 is 11.9 Å². The Bertz CT molecular complexity index is 1090. The highest BCUT2D eigenvalue weighted by Crippen LogP contribution is 2.68. The molecule has 8 unspecified atom stereocenters. The largest absolute Gasteiger partial charge is 0.496 e. The van der Waals surface area contributed by atoms with Crippen molar-refractivity contribution in [3.05, 3.63) is 65.2 Å². The van der Waals surface area contributed by atoms with Gasteiger partial charge in [0.2, 0.25) is 0 Å². The molecule has 172 valence electrons. The number of carbonyl (C=O) groups is 2. The van der Waals surface area contributed by atoms with E-state index in [1.165, 1.54) is 19.3 Å². The topological polar surface area (TPSA) is 61.8 Å². The molecule has 0 amide bonds. The summed E-state index contributed by atoms with van der Waals surface area (Å²) >= 11 is 0. The fraction of sp³-hybridized carbons (Fsp3) is 0.500. The molecular weight excluding hydrogens is 416 g/mol. The quantitative estimate of drug-likeness (QED) is 0.474. The van der Waals surface area contributed by atoms with Crippen LogP contribution in [0.15, 0.2) is 48.5 Å². The number of esters is 2. The second-order valence-electron chi connectivity index (χ2n) is 10.3. The number of aryl methyl sites for hydroxylation is 1. The Kier molecular flexibility index (Phi) is 4.97. The number of fused-ring (bicyclic) bond motifs is 9. The number of rotatable bonds is 5. The molecule has 5 nitrogen and oxygen atoms in total. The minimum Gasteiger partial charge on any atom is -0.496 e. The van der Waals surface area contributed by atoms with Crippen LogP contribution in [-0.2, 0) is 9.47 Å². The van der Waals surface area contributed by atoms with E-state index in [1.54, 1.807) is 25.3 Å². The molecule has 5 heteroatoms. The van der Waals surface area contributed by atoms with E-state index in [-0.39, 0.29) is 23.9 Å².